The van der Waals surface area contributed by atoms with Gasteiger partial charge in [0, 0.05) is 9.58 Å². The van der Waals surface area contributed by atoms with Gasteiger partial charge in [-0.1, -0.05) is 24.3 Å². The first kappa shape index (κ1) is 8.48. The van der Waals surface area contributed by atoms with Gasteiger partial charge in [-0.2, -0.15) is 0 Å². The zero-order valence-electron chi connectivity index (χ0n) is 7.10. The van der Waals surface area contributed by atoms with Crippen molar-refractivity contribution in [3.8, 4) is 0 Å². The molecule has 0 aliphatic heterocycles. The van der Waals surface area contributed by atoms with E-state index in [2.05, 4.69) is 12.6 Å². The zero-order valence-corrected chi connectivity index (χ0v) is 7.92. The normalized spacial score (nSPS) is 13.0. The van der Waals surface area contributed by atoms with E-state index >= 15 is 0 Å². The van der Waals surface area contributed by atoms with E-state index in [0.717, 1.165) is 4.88 Å². The van der Waals surface area contributed by atoms with Crippen LogP contribution in [0.1, 0.15) is 11.0 Å². The number of hydrogen-bond donors (Lipinski definition) is 1. The van der Waals surface area contributed by atoms with Gasteiger partial charge < -0.3 is 5.11 Å². The highest BCUT2D eigenvalue weighted by molar-refractivity contribution is 7.19. The molecule has 0 radical (unpaired) electrons. The molecule has 1 unspecified atom stereocenters. The maximum absolute atomic E-state index is 9.52. The minimum Gasteiger partial charge on any atom is -0.383 e. The molecule has 13 heavy (non-hydrogen) atoms. The Morgan fingerprint density at radius 1 is 1.38 bits per heavy atom. The van der Waals surface area contributed by atoms with E-state index < -0.39 is 6.10 Å². The van der Waals surface area contributed by atoms with Crippen molar-refractivity contribution < 1.29 is 5.11 Å². The molecule has 0 aliphatic rings. The summed E-state index contributed by atoms with van der Waals surface area (Å²) in [6.45, 7) is 3.56. The number of benzene rings is 1. The fourth-order valence-electron chi connectivity index (χ4n) is 1.26. The number of aliphatic hydroxyl groups excluding tert-OH is 1. The zero-order chi connectivity index (χ0) is 9.26. The van der Waals surface area contributed by atoms with E-state index in [1.165, 1.54) is 10.1 Å². The molecule has 1 atom stereocenters. The van der Waals surface area contributed by atoms with E-state index in [1.54, 1.807) is 17.4 Å². The molecule has 0 spiro atoms. The highest BCUT2D eigenvalue weighted by atomic mass is 32.1. The summed E-state index contributed by atoms with van der Waals surface area (Å²) in [5.41, 5.74) is 0. The molecule has 1 aromatic carbocycles. The van der Waals surface area contributed by atoms with Crippen LogP contribution in [0.2, 0.25) is 0 Å². The minimum atomic E-state index is -0.530. The van der Waals surface area contributed by atoms with Gasteiger partial charge in [0.15, 0.2) is 0 Å². The molecule has 0 aliphatic carbocycles. The molecular weight excluding hydrogens is 180 g/mol. The Hall–Kier alpha value is -1.12. The average Bonchev–Trinajstić information content (AvgIpc) is 2.59. The minimum absolute atomic E-state index is 0.530. The van der Waals surface area contributed by atoms with Gasteiger partial charge in [-0.05, 0) is 17.5 Å². The van der Waals surface area contributed by atoms with Gasteiger partial charge in [-0.3, -0.25) is 0 Å². The van der Waals surface area contributed by atoms with Crippen molar-refractivity contribution in [1.29, 1.82) is 0 Å². The molecule has 1 aromatic heterocycles. The smallest absolute Gasteiger partial charge is 0.106 e. The lowest BCUT2D eigenvalue weighted by atomic mass is 10.2. The number of hydrogen-bond acceptors (Lipinski definition) is 2. The predicted octanol–water partition coefficient (Wildman–Crippen LogP) is 3.12. The molecule has 0 bridgehead atoms. The van der Waals surface area contributed by atoms with Crippen LogP contribution in [0.4, 0.5) is 0 Å². The van der Waals surface area contributed by atoms with Gasteiger partial charge >= 0.3 is 0 Å². The highest BCUT2D eigenvalue weighted by Crippen LogP contribution is 2.29. The van der Waals surface area contributed by atoms with E-state index in [9.17, 15) is 5.11 Å². The van der Waals surface area contributed by atoms with Crippen molar-refractivity contribution in [2.75, 3.05) is 0 Å². The maximum Gasteiger partial charge on any atom is 0.106 e. The molecule has 1 heterocycles. The van der Waals surface area contributed by atoms with E-state index in [4.69, 9.17) is 0 Å². The third kappa shape index (κ3) is 1.50. The molecule has 0 amide bonds. The summed E-state index contributed by atoms with van der Waals surface area (Å²) in [6.07, 6.45) is 1.02. The Morgan fingerprint density at radius 3 is 2.85 bits per heavy atom. The average molecular weight is 190 g/mol. The fraction of sp³-hybridized carbons (Fsp3) is 0.0909. The Balaban J connectivity index is 2.55. The second kappa shape index (κ2) is 3.32. The summed E-state index contributed by atoms with van der Waals surface area (Å²) >= 11 is 1.61. The quantitative estimate of drug-likeness (QED) is 0.721. The summed E-state index contributed by atoms with van der Waals surface area (Å²) < 4.78 is 1.21. The van der Waals surface area contributed by atoms with Crippen LogP contribution in [0.15, 0.2) is 43.0 Å². The SMILES string of the molecule is C=CC(O)c1cc2ccccc2s1. The van der Waals surface area contributed by atoms with Crippen molar-refractivity contribution in [2.24, 2.45) is 0 Å². The van der Waals surface area contributed by atoms with Crippen LogP contribution in [-0.4, -0.2) is 5.11 Å². The van der Waals surface area contributed by atoms with Crippen LogP contribution in [0.5, 0.6) is 0 Å². The van der Waals surface area contributed by atoms with Gasteiger partial charge in [0.05, 0.1) is 0 Å². The van der Waals surface area contributed by atoms with Gasteiger partial charge in [-0.25, -0.2) is 0 Å². The lowest BCUT2D eigenvalue weighted by Crippen LogP contribution is -1.85. The molecule has 66 valence electrons. The van der Waals surface area contributed by atoms with Crippen molar-refractivity contribution in [3.05, 3.63) is 47.9 Å². The maximum atomic E-state index is 9.52. The molecular formula is C11H10OS. The van der Waals surface area contributed by atoms with Crippen LogP contribution in [0.25, 0.3) is 10.1 Å². The highest BCUT2D eigenvalue weighted by Gasteiger charge is 2.06. The molecule has 2 rings (SSSR count). The number of thiophene rings is 1. The van der Waals surface area contributed by atoms with Crippen LogP contribution in [0.3, 0.4) is 0 Å². The van der Waals surface area contributed by atoms with Gasteiger partial charge in [-0.15, -0.1) is 17.9 Å². The molecule has 0 saturated heterocycles. The van der Waals surface area contributed by atoms with Crippen LogP contribution < -0.4 is 0 Å². The predicted molar refractivity (Wildman–Crippen MR) is 57.0 cm³/mol. The van der Waals surface area contributed by atoms with Gasteiger partial charge in [0.25, 0.3) is 0 Å². The second-order valence-corrected chi connectivity index (χ2v) is 3.98. The molecule has 0 saturated carbocycles. The van der Waals surface area contributed by atoms with Crippen LogP contribution >= 0.6 is 11.3 Å². The van der Waals surface area contributed by atoms with Crippen molar-refractivity contribution in [1.82, 2.24) is 0 Å². The lowest BCUT2D eigenvalue weighted by molar-refractivity contribution is 0.233. The molecule has 2 aromatic rings. The van der Waals surface area contributed by atoms with E-state index in [1.807, 2.05) is 24.3 Å². The lowest BCUT2D eigenvalue weighted by Gasteiger charge is -1.97. The standard InChI is InChI=1S/C11H10OS/c1-2-9(12)11-7-8-5-3-4-6-10(8)13-11/h2-7,9,12H,1H2. The van der Waals surface area contributed by atoms with Crippen LogP contribution in [-0.2, 0) is 0 Å². The number of rotatable bonds is 2. The largest absolute Gasteiger partial charge is 0.383 e. The molecule has 1 nitrogen and oxygen atoms in total. The molecule has 2 heteroatoms. The third-order valence-corrected chi connectivity index (χ3v) is 3.15. The Labute approximate surface area is 81.0 Å². The van der Waals surface area contributed by atoms with E-state index in [0.29, 0.717) is 0 Å². The second-order valence-electron chi connectivity index (χ2n) is 2.87. The summed E-state index contributed by atoms with van der Waals surface area (Å²) in [5.74, 6) is 0. The van der Waals surface area contributed by atoms with Gasteiger partial charge in [0.2, 0.25) is 0 Å². The van der Waals surface area contributed by atoms with E-state index in [-0.39, 0.29) is 0 Å². The Kier molecular flexibility index (Phi) is 2.17. The fourth-order valence-corrected chi connectivity index (χ4v) is 2.31. The van der Waals surface area contributed by atoms with Crippen molar-refractivity contribution in [3.63, 3.8) is 0 Å². The molecule has 0 fully saturated rings. The first-order valence-electron chi connectivity index (χ1n) is 4.10. The summed E-state index contributed by atoms with van der Waals surface area (Å²) in [5, 5.41) is 10.7. The summed E-state index contributed by atoms with van der Waals surface area (Å²) in [7, 11) is 0. The van der Waals surface area contributed by atoms with Gasteiger partial charge in [0.1, 0.15) is 6.10 Å². The summed E-state index contributed by atoms with van der Waals surface area (Å²) in [6, 6.07) is 10.1. The molecule has 1 N–H and O–H groups in total. The van der Waals surface area contributed by atoms with Crippen molar-refractivity contribution >= 4 is 21.4 Å². The third-order valence-electron chi connectivity index (χ3n) is 1.96. The Morgan fingerprint density at radius 2 is 2.15 bits per heavy atom. The number of aliphatic hydroxyl groups is 1. The topological polar surface area (TPSA) is 20.2 Å². The first-order valence-corrected chi connectivity index (χ1v) is 4.92. The van der Waals surface area contributed by atoms with Crippen molar-refractivity contribution in [2.45, 2.75) is 6.10 Å². The number of fused-ring (bicyclic) bond motifs is 1. The van der Waals surface area contributed by atoms with Crippen LogP contribution in [0, 0.1) is 0 Å². The first-order chi connectivity index (χ1) is 6.31. The summed E-state index contributed by atoms with van der Waals surface area (Å²) in [4.78, 5) is 0.955. The monoisotopic (exact) mass is 190 g/mol. The Bertz CT molecular complexity index is 397.